The number of nitrogens with two attached hydrogens (primary N) is 1. The lowest BCUT2D eigenvalue weighted by molar-refractivity contribution is -0.139. The van der Waals surface area contributed by atoms with Crippen molar-refractivity contribution in [1.82, 2.24) is 4.90 Å². The third-order valence-corrected chi connectivity index (χ3v) is 3.98. The predicted molar refractivity (Wildman–Crippen MR) is 74.8 cm³/mol. The number of amides is 1. The van der Waals surface area contributed by atoms with E-state index in [9.17, 15) is 4.79 Å². The van der Waals surface area contributed by atoms with Gasteiger partial charge >= 0.3 is 0 Å². The Morgan fingerprint density at radius 1 is 1.53 bits per heavy atom. The summed E-state index contributed by atoms with van der Waals surface area (Å²) in [6.07, 6.45) is 2.91. The van der Waals surface area contributed by atoms with E-state index in [4.69, 9.17) is 18.0 Å². The SMILES string of the molecule is CCC(C)(C(=O)N(CC(C)C)C1CC1)C(N)=S. The normalized spacial score (nSPS) is 18.9. The Bertz CT molecular complexity index is 313. The Balaban J connectivity index is 2.86. The van der Waals surface area contributed by atoms with Gasteiger partial charge in [0.15, 0.2) is 0 Å². The van der Waals surface area contributed by atoms with Gasteiger partial charge in [0, 0.05) is 12.6 Å². The molecule has 17 heavy (non-hydrogen) atoms. The van der Waals surface area contributed by atoms with Gasteiger partial charge in [0.2, 0.25) is 5.91 Å². The molecule has 1 unspecified atom stereocenters. The van der Waals surface area contributed by atoms with E-state index in [0.29, 0.717) is 23.4 Å². The minimum atomic E-state index is -0.674. The van der Waals surface area contributed by atoms with Gasteiger partial charge in [-0.15, -0.1) is 0 Å². The van der Waals surface area contributed by atoms with Crippen LogP contribution < -0.4 is 5.73 Å². The van der Waals surface area contributed by atoms with Crippen LogP contribution in [0, 0.1) is 11.3 Å². The van der Waals surface area contributed by atoms with Gasteiger partial charge in [-0.3, -0.25) is 4.79 Å². The molecule has 0 bridgehead atoms. The Kier molecular flexibility index (Phi) is 4.53. The first kappa shape index (κ1) is 14.4. The molecular weight excluding hydrogens is 232 g/mol. The van der Waals surface area contributed by atoms with E-state index in [1.165, 1.54) is 0 Å². The summed E-state index contributed by atoms with van der Waals surface area (Å²) in [5.41, 5.74) is 5.08. The van der Waals surface area contributed by atoms with Crippen molar-refractivity contribution < 1.29 is 4.79 Å². The second kappa shape index (κ2) is 5.34. The zero-order valence-electron chi connectivity index (χ0n) is 11.3. The van der Waals surface area contributed by atoms with Crippen LogP contribution in [-0.2, 0) is 4.79 Å². The van der Waals surface area contributed by atoms with Gasteiger partial charge in [-0.05, 0) is 32.1 Å². The van der Waals surface area contributed by atoms with Crippen molar-refractivity contribution in [3.05, 3.63) is 0 Å². The van der Waals surface area contributed by atoms with E-state index >= 15 is 0 Å². The molecule has 1 rings (SSSR count). The quantitative estimate of drug-likeness (QED) is 0.742. The van der Waals surface area contributed by atoms with Crippen LogP contribution in [0.3, 0.4) is 0 Å². The maximum atomic E-state index is 12.6. The highest BCUT2D eigenvalue weighted by Crippen LogP contribution is 2.33. The topological polar surface area (TPSA) is 46.3 Å². The summed E-state index contributed by atoms with van der Waals surface area (Å²) in [6, 6.07) is 0.421. The largest absolute Gasteiger partial charge is 0.392 e. The molecule has 98 valence electrons. The van der Waals surface area contributed by atoms with Crippen molar-refractivity contribution in [3.63, 3.8) is 0 Å². The second-order valence-electron chi connectivity index (χ2n) is 5.63. The molecule has 1 fully saturated rings. The zero-order valence-corrected chi connectivity index (χ0v) is 12.1. The fraction of sp³-hybridized carbons (Fsp3) is 0.846. The number of carbonyl (C=O) groups is 1. The molecule has 2 N–H and O–H groups in total. The first-order valence-electron chi connectivity index (χ1n) is 6.44. The highest BCUT2D eigenvalue weighted by molar-refractivity contribution is 7.80. The molecule has 0 saturated heterocycles. The highest BCUT2D eigenvalue weighted by Gasteiger charge is 2.43. The van der Waals surface area contributed by atoms with Gasteiger partial charge in [-0.25, -0.2) is 0 Å². The summed E-state index contributed by atoms with van der Waals surface area (Å²) < 4.78 is 0. The first-order chi connectivity index (χ1) is 7.82. The molecule has 4 heteroatoms. The smallest absolute Gasteiger partial charge is 0.235 e. The molecule has 0 heterocycles. The van der Waals surface area contributed by atoms with Crippen molar-refractivity contribution in [2.24, 2.45) is 17.1 Å². The molecule has 1 aliphatic carbocycles. The summed E-state index contributed by atoms with van der Waals surface area (Å²) in [7, 11) is 0. The Morgan fingerprint density at radius 2 is 2.06 bits per heavy atom. The molecule has 0 aromatic carbocycles. The predicted octanol–water partition coefficient (Wildman–Crippen LogP) is 2.34. The van der Waals surface area contributed by atoms with Crippen LogP contribution in [0.2, 0.25) is 0 Å². The second-order valence-corrected chi connectivity index (χ2v) is 6.07. The Labute approximate surface area is 110 Å². The molecule has 1 aliphatic rings. The van der Waals surface area contributed by atoms with Gasteiger partial charge in [-0.2, -0.15) is 0 Å². The van der Waals surface area contributed by atoms with E-state index in [1.54, 1.807) is 0 Å². The Morgan fingerprint density at radius 3 is 2.35 bits per heavy atom. The van der Waals surface area contributed by atoms with Gasteiger partial charge in [0.1, 0.15) is 0 Å². The fourth-order valence-corrected chi connectivity index (χ4v) is 2.16. The van der Waals surface area contributed by atoms with Crippen molar-refractivity contribution in [3.8, 4) is 0 Å². The average Bonchev–Trinajstić information content (AvgIpc) is 3.06. The van der Waals surface area contributed by atoms with Gasteiger partial charge in [-0.1, -0.05) is 33.0 Å². The zero-order chi connectivity index (χ0) is 13.2. The van der Waals surface area contributed by atoms with E-state index in [-0.39, 0.29) is 5.91 Å². The highest BCUT2D eigenvalue weighted by atomic mass is 32.1. The minimum absolute atomic E-state index is 0.115. The number of thiocarbonyl (C=S) groups is 1. The van der Waals surface area contributed by atoms with Crippen LogP contribution in [0.15, 0.2) is 0 Å². The maximum absolute atomic E-state index is 12.6. The van der Waals surface area contributed by atoms with E-state index in [0.717, 1.165) is 19.4 Å². The molecular formula is C13H24N2OS. The van der Waals surface area contributed by atoms with Crippen molar-refractivity contribution in [2.75, 3.05) is 6.54 Å². The van der Waals surface area contributed by atoms with Gasteiger partial charge < -0.3 is 10.6 Å². The molecule has 1 amide bonds. The standard InChI is InChI=1S/C13H24N2OS/c1-5-13(4,11(14)17)12(16)15(8-9(2)3)10-6-7-10/h9-10H,5-8H2,1-4H3,(H2,14,17). The van der Waals surface area contributed by atoms with Crippen molar-refractivity contribution in [1.29, 1.82) is 0 Å². The van der Waals surface area contributed by atoms with Crippen LogP contribution in [-0.4, -0.2) is 28.4 Å². The summed E-state index contributed by atoms with van der Waals surface area (Å²) in [5, 5.41) is 0. The number of nitrogens with zero attached hydrogens (tertiary/aromatic N) is 1. The average molecular weight is 256 g/mol. The van der Waals surface area contributed by atoms with E-state index in [1.807, 2.05) is 18.7 Å². The van der Waals surface area contributed by atoms with Crippen LogP contribution in [0.4, 0.5) is 0 Å². The fourth-order valence-electron chi connectivity index (χ4n) is 1.93. The van der Waals surface area contributed by atoms with Crippen LogP contribution in [0.1, 0.15) is 47.0 Å². The van der Waals surface area contributed by atoms with Gasteiger partial charge in [0.25, 0.3) is 0 Å². The molecule has 3 nitrogen and oxygen atoms in total. The third kappa shape index (κ3) is 3.18. The minimum Gasteiger partial charge on any atom is -0.392 e. The molecule has 0 aromatic heterocycles. The van der Waals surface area contributed by atoms with Crippen molar-refractivity contribution >= 4 is 23.1 Å². The first-order valence-corrected chi connectivity index (χ1v) is 6.84. The number of carbonyl (C=O) groups excluding carboxylic acids is 1. The molecule has 0 spiro atoms. The maximum Gasteiger partial charge on any atom is 0.235 e. The number of rotatable bonds is 6. The summed E-state index contributed by atoms with van der Waals surface area (Å²) in [5.74, 6) is 0.593. The summed E-state index contributed by atoms with van der Waals surface area (Å²) in [4.78, 5) is 14.9. The molecule has 0 aromatic rings. The lowest BCUT2D eigenvalue weighted by atomic mass is 9.85. The van der Waals surface area contributed by atoms with Crippen LogP contribution >= 0.6 is 12.2 Å². The van der Waals surface area contributed by atoms with Crippen LogP contribution in [0.25, 0.3) is 0 Å². The number of hydrogen-bond donors (Lipinski definition) is 1. The molecule has 1 saturated carbocycles. The van der Waals surface area contributed by atoms with Gasteiger partial charge in [0.05, 0.1) is 10.4 Å². The van der Waals surface area contributed by atoms with E-state index < -0.39 is 5.41 Å². The monoisotopic (exact) mass is 256 g/mol. The third-order valence-electron chi connectivity index (χ3n) is 3.53. The Hall–Kier alpha value is -0.640. The molecule has 0 aliphatic heterocycles. The number of hydrogen-bond acceptors (Lipinski definition) is 2. The van der Waals surface area contributed by atoms with Crippen LogP contribution in [0.5, 0.6) is 0 Å². The lowest BCUT2D eigenvalue weighted by Crippen LogP contribution is -2.50. The van der Waals surface area contributed by atoms with E-state index in [2.05, 4.69) is 13.8 Å². The summed E-state index contributed by atoms with van der Waals surface area (Å²) >= 11 is 5.08. The molecule has 1 atom stereocenters. The lowest BCUT2D eigenvalue weighted by Gasteiger charge is -2.34. The van der Waals surface area contributed by atoms with Crippen molar-refractivity contribution in [2.45, 2.75) is 53.0 Å². The summed E-state index contributed by atoms with van der Waals surface area (Å²) in [6.45, 7) is 8.91. The molecule has 0 radical (unpaired) electrons.